The maximum Gasteiger partial charge on any atom is 0.356 e. The highest BCUT2D eigenvalue weighted by Gasteiger charge is 2.36. The van der Waals surface area contributed by atoms with Gasteiger partial charge in [0.15, 0.2) is 15.5 Å². The van der Waals surface area contributed by atoms with E-state index >= 15 is 0 Å². The fraction of sp³-hybridized carbons (Fsp3) is 0.273. The third-order valence-electron chi connectivity index (χ3n) is 5.75. The summed E-state index contributed by atoms with van der Waals surface area (Å²) in [4.78, 5) is 13.9. The number of aromatic nitrogens is 2. The second-order valence-electron chi connectivity index (χ2n) is 7.85. The molecule has 2 aromatic carbocycles. The van der Waals surface area contributed by atoms with E-state index in [1.54, 1.807) is 0 Å². The number of hydrogen-bond acceptors (Lipinski definition) is 6. The Kier molecular flexibility index (Phi) is 5.07. The number of rotatable bonds is 4. The number of fused-ring (bicyclic) bond motifs is 3. The van der Waals surface area contributed by atoms with Crippen molar-refractivity contribution in [1.29, 1.82) is 0 Å². The maximum atomic E-state index is 13.8. The highest BCUT2D eigenvalue weighted by atomic mass is 32.2. The van der Waals surface area contributed by atoms with Gasteiger partial charge in [0.1, 0.15) is 5.82 Å². The lowest BCUT2D eigenvalue weighted by atomic mass is 10.1. The zero-order valence-electron chi connectivity index (χ0n) is 17.0. The van der Waals surface area contributed by atoms with Crippen LogP contribution >= 0.6 is 0 Å². The molecule has 1 aromatic heterocycles. The van der Waals surface area contributed by atoms with Gasteiger partial charge in [-0.2, -0.15) is 5.10 Å². The van der Waals surface area contributed by atoms with E-state index in [1.807, 2.05) is 24.3 Å². The van der Waals surface area contributed by atoms with Gasteiger partial charge in [0.05, 0.1) is 35.2 Å². The van der Waals surface area contributed by atoms with E-state index in [2.05, 4.69) is 10.00 Å². The first-order valence-corrected chi connectivity index (χ1v) is 11.8. The van der Waals surface area contributed by atoms with Crippen LogP contribution in [0.2, 0.25) is 0 Å². The number of sulfone groups is 1. The number of ether oxygens (including phenoxy) is 1. The second kappa shape index (κ2) is 7.80. The molecule has 10 heteroatoms. The van der Waals surface area contributed by atoms with E-state index in [-0.39, 0.29) is 21.7 Å². The Balaban J connectivity index is 1.59. The number of morpholine rings is 1. The van der Waals surface area contributed by atoms with Crippen molar-refractivity contribution in [3.63, 3.8) is 0 Å². The minimum Gasteiger partial charge on any atom is -0.476 e. The first kappa shape index (κ1) is 20.8. The molecule has 3 aromatic rings. The summed E-state index contributed by atoms with van der Waals surface area (Å²) in [6.07, 6.45) is 0. The molecule has 2 aliphatic heterocycles. The van der Waals surface area contributed by atoms with Crippen LogP contribution in [-0.2, 0) is 26.9 Å². The van der Waals surface area contributed by atoms with Gasteiger partial charge < -0.3 is 9.84 Å². The summed E-state index contributed by atoms with van der Waals surface area (Å²) in [5.41, 5.74) is 2.05. The zero-order chi connectivity index (χ0) is 22.5. The summed E-state index contributed by atoms with van der Waals surface area (Å²) >= 11 is 0. The SMILES string of the molecule is O=C(O)c1nn(-c2ccc(CN3CCOCC3)cc2)c2c1CS(=O)(=O)c1cc(F)ccc1-2. The Morgan fingerprint density at radius 3 is 2.53 bits per heavy atom. The van der Waals surface area contributed by atoms with Gasteiger partial charge in [-0.05, 0) is 35.9 Å². The number of nitrogens with zero attached hydrogens (tertiary/aromatic N) is 3. The molecule has 8 nitrogen and oxygen atoms in total. The lowest BCUT2D eigenvalue weighted by Gasteiger charge is -2.26. The van der Waals surface area contributed by atoms with Gasteiger partial charge in [0.2, 0.25) is 0 Å². The third-order valence-corrected chi connectivity index (χ3v) is 7.42. The monoisotopic (exact) mass is 457 g/mol. The van der Waals surface area contributed by atoms with Crippen molar-refractivity contribution >= 4 is 15.8 Å². The Bertz CT molecular complexity index is 1310. The normalized spacial score (nSPS) is 17.5. The molecule has 0 amide bonds. The molecule has 1 saturated heterocycles. The predicted octanol–water partition coefficient (Wildman–Crippen LogP) is 2.50. The summed E-state index contributed by atoms with van der Waals surface area (Å²) in [7, 11) is -3.90. The molecule has 5 rings (SSSR count). The summed E-state index contributed by atoms with van der Waals surface area (Å²) in [6.45, 7) is 3.90. The Labute approximate surface area is 183 Å². The molecule has 0 aliphatic carbocycles. The molecular weight excluding hydrogens is 437 g/mol. The van der Waals surface area contributed by atoms with Crippen LogP contribution in [-0.4, -0.2) is 60.5 Å². The maximum absolute atomic E-state index is 13.8. The molecule has 3 heterocycles. The van der Waals surface area contributed by atoms with Gasteiger partial charge in [-0.25, -0.2) is 22.3 Å². The Morgan fingerprint density at radius 2 is 1.84 bits per heavy atom. The van der Waals surface area contributed by atoms with Gasteiger partial charge in [-0.15, -0.1) is 0 Å². The van der Waals surface area contributed by atoms with Gasteiger partial charge in [-0.3, -0.25) is 4.90 Å². The van der Waals surface area contributed by atoms with Crippen molar-refractivity contribution in [2.45, 2.75) is 17.2 Å². The third kappa shape index (κ3) is 3.60. The van der Waals surface area contributed by atoms with Crippen LogP contribution in [0, 0.1) is 5.82 Å². The van der Waals surface area contributed by atoms with Crippen molar-refractivity contribution < 1.29 is 27.4 Å². The van der Waals surface area contributed by atoms with Crippen LogP contribution in [0.25, 0.3) is 16.9 Å². The van der Waals surface area contributed by atoms with Crippen LogP contribution < -0.4 is 0 Å². The first-order valence-electron chi connectivity index (χ1n) is 10.1. The van der Waals surface area contributed by atoms with Crippen molar-refractivity contribution in [2.24, 2.45) is 0 Å². The standard InChI is InChI=1S/C22H20FN3O5S/c23-15-3-6-17-19(11-15)32(29,30)13-18-20(22(27)28)24-26(21(17)18)16-4-1-14(2-5-16)12-25-7-9-31-10-8-25/h1-6,11H,7-10,12-13H2,(H,27,28). The quantitative estimate of drug-likeness (QED) is 0.642. The second-order valence-corrected chi connectivity index (χ2v) is 9.81. The van der Waals surface area contributed by atoms with Crippen LogP contribution in [0.1, 0.15) is 21.6 Å². The van der Waals surface area contributed by atoms with Gasteiger partial charge in [-0.1, -0.05) is 12.1 Å². The van der Waals surface area contributed by atoms with E-state index in [0.29, 0.717) is 24.6 Å². The van der Waals surface area contributed by atoms with Crippen LogP contribution in [0.4, 0.5) is 4.39 Å². The summed E-state index contributed by atoms with van der Waals surface area (Å²) in [5.74, 6) is -2.53. The highest BCUT2D eigenvalue weighted by molar-refractivity contribution is 7.90. The molecule has 0 bridgehead atoms. The minimum atomic E-state index is -3.90. The van der Waals surface area contributed by atoms with Gasteiger partial charge in [0, 0.05) is 30.8 Å². The lowest BCUT2D eigenvalue weighted by molar-refractivity contribution is 0.0342. The molecule has 0 radical (unpaired) electrons. The van der Waals surface area contributed by atoms with Crippen molar-refractivity contribution in [3.8, 4) is 16.9 Å². The Hall–Kier alpha value is -3.08. The molecule has 1 fully saturated rings. The molecule has 0 atom stereocenters. The average molecular weight is 457 g/mol. The van der Waals surface area contributed by atoms with E-state index < -0.39 is 27.4 Å². The van der Waals surface area contributed by atoms with E-state index in [9.17, 15) is 22.7 Å². The molecular formula is C22H20FN3O5S. The van der Waals surface area contributed by atoms with Crippen molar-refractivity contribution in [3.05, 3.63) is 65.1 Å². The number of benzene rings is 2. The minimum absolute atomic E-state index is 0.106. The highest BCUT2D eigenvalue weighted by Crippen LogP contribution is 2.40. The number of carboxylic acid groups (broad SMARTS) is 1. The fourth-order valence-corrected chi connectivity index (χ4v) is 5.80. The summed E-state index contributed by atoms with van der Waals surface area (Å²) in [6, 6.07) is 11.0. The number of hydrogen-bond donors (Lipinski definition) is 1. The first-order chi connectivity index (χ1) is 15.3. The molecule has 1 N–H and O–H groups in total. The van der Waals surface area contributed by atoms with Crippen LogP contribution in [0.3, 0.4) is 0 Å². The number of aromatic carboxylic acids is 1. The number of carbonyl (C=O) groups is 1. The van der Waals surface area contributed by atoms with Gasteiger partial charge in [0.25, 0.3) is 0 Å². The molecule has 32 heavy (non-hydrogen) atoms. The average Bonchev–Trinajstić information content (AvgIpc) is 3.14. The molecule has 0 unspecified atom stereocenters. The molecule has 2 aliphatic rings. The summed E-state index contributed by atoms with van der Waals surface area (Å²) < 4.78 is 46.1. The van der Waals surface area contributed by atoms with Crippen LogP contribution in [0.15, 0.2) is 47.4 Å². The van der Waals surface area contributed by atoms with E-state index in [1.165, 1.54) is 10.7 Å². The molecule has 0 spiro atoms. The smallest absolute Gasteiger partial charge is 0.356 e. The van der Waals surface area contributed by atoms with Gasteiger partial charge >= 0.3 is 5.97 Å². The zero-order valence-corrected chi connectivity index (χ0v) is 17.8. The van der Waals surface area contributed by atoms with E-state index in [0.717, 1.165) is 37.3 Å². The van der Waals surface area contributed by atoms with Crippen molar-refractivity contribution in [2.75, 3.05) is 26.3 Å². The fourth-order valence-electron chi connectivity index (χ4n) is 4.20. The van der Waals surface area contributed by atoms with Crippen molar-refractivity contribution in [1.82, 2.24) is 14.7 Å². The Morgan fingerprint density at radius 1 is 1.12 bits per heavy atom. The van der Waals surface area contributed by atoms with Crippen LogP contribution in [0.5, 0.6) is 0 Å². The topological polar surface area (TPSA) is 102 Å². The number of carboxylic acids is 1. The number of halogens is 1. The molecule has 0 saturated carbocycles. The lowest BCUT2D eigenvalue weighted by Crippen LogP contribution is -2.35. The van der Waals surface area contributed by atoms with E-state index in [4.69, 9.17) is 4.74 Å². The largest absolute Gasteiger partial charge is 0.476 e. The summed E-state index contributed by atoms with van der Waals surface area (Å²) in [5, 5.41) is 13.9. The predicted molar refractivity (Wildman–Crippen MR) is 113 cm³/mol. The molecule has 166 valence electrons.